The van der Waals surface area contributed by atoms with Crippen molar-refractivity contribution < 1.29 is 49.8 Å². The van der Waals surface area contributed by atoms with Gasteiger partial charge in [-0.1, -0.05) is 24.3 Å². The summed E-state index contributed by atoms with van der Waals surface area (Å²) in [5.41, 5.74) is 0.824. The average Bonchev–Trinajstić information content (AvgIpc) is 2.83. The second-order valence-electron chi connectivity index (χ2n) is 6.66. The minimum atomic E-state index is -1.13. The van der Waals surface area contributed by atoms with E-state index in [0.29, 0.717) is 12.0 Å². The fourth-order valence-corrected chi connectivity index (χ4v) is 2.44. The molecule has 0 fully saturated rings. The molecule has 3 aromatic rings. The number of aromatic hydroxyl groups is 2. The summed E-state index contributed by atoms with van der Waals surface area (Å²) in [5.74, 6) is -4.51. The fraction of sp³-hybridized carbons (Fsp3) is 0.0400. The van der Waals surface area contributed by atoms with Crippen LogP contribution in [0.1, 0.15) is 47.0 Å². The third-order valence-electron chi connectivity index (χ3n) is 4.20. The van der Waals surface area contributed by atoms with E-state index in [4.69, 9.17) is 25.5 Å². The Labute approximate surface area is 199 Å². The van der Waals surface area contributed by atoms with Gasteiger partial charge in [-0.2, -0.15) is 0 Å². The first-order chi connectivity index (χ1) is 16.5. The van der Waals surface area contributed by atoms with E-state index in [1.165, 1.54) is 48.5 Å². The number of carboxylic acid groups (broad SMARTS) is 4. The number of aromatic carboxylic acids is 4. The highest BCUT2D eigenvalue weighted by Crippen LogP contribution is 2.28. The van der Waals surface area contributed by atoms with Gasteiger partial charge in [0.15, 0.2) is 11.5 Å². The van der Waals surface area contributed by atoms with Crippen molar-refractivity contribution in [1.82, 2.24) is 0 Å². The third kappa shape index (κ3) is 9.10. The van der Waals surface area contributed by atoms with E-state index in [0.717, 1.165) is 6.07 Å². The highest BCUT2D eigenvalue weighted by atomic mass is 16.4. The molecule has 35 heavy (non-hydrogen) atoms. The van der Waals surface area contributed by atoms with E-state index in [-0.39, 0.29) is 33.8 Å². The zero-order chi connectivity index (χ0) is 26.5. The number of phenolic OH excluding ortho intramolecular Hbond substituents is 2. The van der Waals surface area contributed by atoms with Crippen LogP contribution in [0.5, 0.6) is 11.5 Å². The summed E-state index contributed by atoms with van der Waals surface area (Å²) in [5, 5.41) is 52.2. The molecular weight excluding hydrogens is 460 g/mol. The van der Waals surface area contributed by atoms with Crippen molar-refractivity contribution in [2.45, 2.75) is 6.42 Å². The molecular formula is C25H22O10. The van der Waals surface area contributed by atoms with Gasteiger partial charge >= 0.3 is 23.9 Å². The minimum Gasteiger partial charge on any atom is -0.504 e. The molecule has 3 rings (SSSR count). The summed E-state index contributed by atoms with van der Waals surface area (Å²) in [4.78, 5) is 41.4. The van der Waals surface area contributed by atoms with Crippen molar-refractivity contribution in [3.63, 3.8) is 0 Å². The molecule has 3 aromatic carbocycles. The number of rotatable bonds is 6. The molecule has 0 radical (unpaired) electrons. The number of benzene rings is 3. The zero-order valence-electron chi connectivity index (χ0n) is 18.2. The highest BCUT2D eigenvalue weighted by Gasteiger charge is 2.07. The largest absolute Gasteiger partial charge is 0.504 e. The molecule has 0 aliphatic carbocycles. The Morgan fingerprint density at radius 1 is 0.629 bits per heavy atom. The fourth-order valence-electron chi connectivity index (χ4n) is 2.44. The van der Waals surface area contributed by atoms with Crippen molar-refractivity contribution in [3.8, 4) is 11.5 Å². The number of para-hydroxylation sites is 1. The SMILES string of the molecule is C=CCc1cccc(O)c1O.O=C(O)c1ccc(C(=O)O)cc1.O=C(O)c1cccc(C(=O)O)c1. The van der Waals surface area contributed by atoms with Gasteiger partial charge in [-0.25, -0.2) is 19.2 Å². The van der Waals surface area contributed by atoms with Crippen LogP contribution in [-0.2, 0) is 6.42 Å². The molecule has 6 N–H and O–H groups in total. The molecule has 182 valence electrons. The van der Waals surface area contributed by atoms with E-state index in [2.05, 4.69) is 6.58 Å². The topological polar surface area (TPSA) is 190 Å². The number of phenols is 2. The van der Waals surface area contributed by atoms with Gasteiger partial charge in [-0.05, 0) is 55.0 Å². The Morgan fingerprint density at radius 3 is 1.40 bits per heavy atom. The molecule has 0 bridgehead atoms. The lowest BCUT2D eigenvalue weighted by Crippen LogP contribution is -2.01. The smallest absolute Gasteiger partial charge is 0.335 e. The monoisotopic (exact) mass is 482 g/mol. The summed E-state index contributed by atoms with van der Waals surface area (Å²) in [7, 11) is 0. The maximum atomic E-state index is 10.4. The molecule has 0 saturated carbocycles. The van der Waals surface area contributed by atoms with Gasteiger partial charge in [0, 0.05) is 5.56 Å². The van der Waals surface area contributed by atoms with Crippen LogP contribution in [0.25, 0.3) is 0 Å². The quantitative estimate of drug-likeness (QED) is 0.221. The molecule has 0 saturated heterocycles. The van der Waals surface area contributed by atoms with Gasteiger partial charge in [0.05, 0.1) is 22.3 Å². The first kappa shape index (κ1) is 27.9. The van der Waals surface area contributed by atoms with E-state index in [1.54, 1.807) is 18.2 Å². The van der Waals surface area contributed by atoms with Crippen LogP contribution in [-0.4, -0.2) is 54.5 Å². The lowest BCUT2D eigenvalue weighted by Gasteiger charge is -2.01. The minimum absolute atomic E-state index is 0.0186. The van der Waals surface area contributed by atoms with E-state index in [1.807, 2.05) is 0 Å². The number of carbonyl (C=O) groups is 4. The number of carboxylic acids is 4. The Bertz CT molecular complexity index is 1150. The Hall–Kier alpha value is -5.12. The summed E-state index contributed by atoms with van der Waals surface area (Å²) in [6, 6.07) is 15.1. The molecule has 0 atom stereocenters. The first-order valence-electron chi connectivity index (χ1n) is 9.71. The average molecular weight is 482 g/mol. The molecule has 0 aromatic heterocycles. The lowest BCUT2D eigenvalue weighted by atomic mass is 10.1. The molecule has 0 amide bonds. The lowest BCUT2D eigenvalue weighted by molar-refractivity contribution is 0.0681. The predicted molar refractivity (Wildman–Crippen MR) is 124 cm³/mol. The Balaban J connectivity index is 0.000000263. The van der Waals surface area contributed by atoms with Crippen LogP contribution in [0.4, 0.5) is 0 Å². The Kier molecular flexibility index (Phi) is 10.7. The number of hydrogen-bond donors (Lipinski definition) is 6. The van der Waals surface area contributed by atoms with Gasteiger partial charge in [-0.3, -0.25) is 0 Å². The maximum absolute atomic E-state index is 10.4. The molecule has 0 aliphatic heterocycles. The predicted octanol–water partition coefficient (Wildman–Crippen LogP) is 3.99. The third-order valence-corrected chi connectivity index (χ3v) is 4.20. The van der Waals surface area contributed by atoms with E-state index < -0.39 is 23.9 Å². The van der Waals surface area contributed by atoms with Crippen molar-refractivity contribution in [3.05, 3.63) is 107 Å². The number of allylic oxidation sites excluding steroid dienone is 1. The highest BCUT2D eigenvalue weighted by molar-refractivity contribution is 5.93. The van der Waals surface area contributed by atoms with Gasteiger partial charge in [0.25, 0.3) is 0 Å². The van der Waals surface area contributed by atoms with Crippen molar-refractivity contribution in [2.75, 3.05) is 0 Å². The molecule has 0 unspecified atom stereocenters. The summed E-state index contributed by atoms with van der Waals surface area (Å²) in [6.07, 6.45) is 2.24. The first-order valence-corrected chi connectivity index (χ1v) is 9.71. The molecule has 10 nitrogen and oxygen atoms in total. The van der Waals surface area contributed by atoms with Crippen molar-refractivity contribution in [2.24, 2.45) is 0 Å². The second kappa shape index (κ2) is 13.4. The van der Waals surface area contributed by atoms with Gasteiger partial charge in [0.2, 0.25) is 0 Å². The van der Waals surface area contributed by atoms with Gasteiger partial charge in [-0.15, -0.1) is 6.58 Å². The van der Waals surface area contributed by atoms with Crippen molar-refractivity contribution >= 4 is 23.9 Å². The van der Waals surface area contributed by atoms with E-state index >= 15 is 0 Å². The van der Waals surface area contributed by atoms with Crippen LogP contribution in [0.15, 0.2) is 79.4 Å². The van der Waals surface area contributed by atoms with Gasteiger partial charge in [0.1, 0.15) is 0 Å². The Morgan fingerprint density at radius 2 is 1.03 bits per heavy atom. The second-order valence-corrected chi connectivity index (χ2v) is 6.66. The standard InChI is InChI=1S/C9H10O2.2C8H6O4/c1-2-4-7-5-3-6-8(10)9(7)11;9-7(10)5-1-2-6(4-3-5)8(11)12;9-7(10)5-2-1-3-6(4-5)8(11)12/h2-3,5-6,10-11H,1,4H2;2*1-4H,(H,9,10)(H,11,12). The van der Waals surface area contributed by atoms with Gasteiger partial charge < -0.3 is 30.6 Å². The van der Waals surface area contributed by atoms with Crippen LogP contribution in [0.3, 0.4) is 0 Å². The molecule has 0 heterocycles. The zero-order valence-corrected chi connectivity index (χ0v) is 18.2. The summed E-state index contributed by atoms with van der Waals surface area (Å²) < 4.78 is 0. The van der Waals surface area contributed by atoms with E-state index in [9.17, 15) is 24.3 Å². The van der Waals surface area contributed by atoms with Crippen LogP contribution >= 0.6 is 0 Å². The number of hydrogen-bond acceptors (Lipinski definition) is 6. The molecule has 0 aliphatic rings. The molecule has 10 heteroatoms. The normalized spacial score (nSPS) is 9.37. The summed E-state index contributed by atoms with van der Waals surface area (Å²) in [6.45, 7) is 3.53. The maximum Gasteiger partial charge on any atom is 0.335 e. The van der Waals surface area contributed by atoms with Crippen LogP contribution in [0, 0.1) is 0 Å². The van der Waals surface area contributed by atoms with Crippen LogP contribution in [0.2, 0.25) is 0 Å². The van der Waals surface area contributed by atoms with Crippen LogP contribution < -0.4 is 0 Å². The van der Waals surface area contributed by atoms with Crippen molar-refractivity contribution in [1.29, 1.82) is 0 Å². The molecule has 0 spiro atoms. The summed E-state index contributed by atoms with van der Waals surface area (Å²) >= 11 is 0.